The molecule has 3 aromatic rings. The van der Waals surface area contributed by atoms with Crippen LogP contribution >= 0.6 is 0 Å². The summed E-state index contributed by atoms with van der Waals surface area (Å²) in [4.78, 5) is 11.4. The second-order valence-corrected chi connectivity index (χ2v) is 6.52. The first-order chi connectivity index (χ1) is 12.0. The van der Waals surface area contributed by atoms with Gasteiger partial charge in [0.05, 0.1) is 11.3 Å². The molecule has 0 saturated heterocycles. The van der Waals surface area contributed by atoms with Gasteiger partial charge in [0.25, 0.3) is 0 Å². The highest BCUT2D eigenvalue weighted by atomic mass is 16.4. The molecule has 2 aromatic carbocycles. The van der Waals surface area contributed by atoms with Gasteiger partial charge < -0.3 is 15.4 Å². The zero-order chi connectivity index (χ0) is 18.1. The average molecular weight is 336 g/mol. The molecule has 0 aliphatic heterocycles. The van der Waals surface area contributed by atoms with Gasteiger partial charge in [-0.25, -0.2) is 4.79 Å². The lowest BCUT2D eigenvalue weighted by Gasteiger charge is -2.12. The fraction of sp³-hybridized carbons (Fsp3) is 0.286. The monoisotopic (exact) mass is 336 g/mol. The molecule has 0 aliphatic carbocycles. The zero-order valence-electron chi connectivity index (χ0n) is 15.0. The molecule has 3 N–H and O–H groups in total. The van der Waals surface area contributed by atoms with Crippen molar-refractivity contribution in [3.63, 3.8) is 0 Å². The van der Waals surface area contributed by atoms with Crippen molar-refractivity contribution in [2.24, 2.45) is 5.73 Å². The second kappa shape index (κ2) is 6.73. The van der Waals surface area contributed by atoms with Crippen LogP contribution in [-0.4, -0.2) is 22.2 Å². The quantitative estimate of drug-likeness (QED) is 0.735. The van der Waals surface area contributed by atoms with E-state index in [0.717, 1.165) is 40.7 Å². The molecule has 0 spiro atoms. The maximum absolute atomic E-state index is 11.4. The van der Waals surface area contributed by atoms with Crippen LogP contribution in [0.15, 0.2) is 36.4 Å². The van der Waals surface area contributed by atoms with Gasteiger partial charge in [0.1, 0.15) is 0 Å². The van der Waals surface area contributed by atoms with Crippen LogP contribution in [0.3, 0.4) is 0 Å². The number of carboxylic acids is 1. The summed E-state index contributed by atoms with van der Waals surface area (Å²) < 4.78 is 2.26. The van der Waals surface area contributed by atoms with Gasteiger partial charge in [-0.05, 0) is 75.2 Å². The molecule has 0 bridgehead atoms. The van der Waals surface area contributed by atoms with Crippen LogP contribution in [0.5, 0.6) is 0 Å². The molecule has 4 nitrogen and oxygen atoms in total. The molecule has 3 rings (SSSR count). The van der Waals surface area contributed by atoms with Gasteiger partial charge in [-0.15, -0.1) is 0 Å². The number of carboxylic acid groups (broad SMARTS) is 1. The summed E-state index contributed by atoms with van der Waals surface area (Å²) in [5.74, 6) is -0.905. The number of aromatic carboxylic acids is 1. The Kier molecular flexibility index (Phi) is 4.64. The Morgan fingerprint density at radius 1 is 1.12 bits per heavy atom. The van der Waals surface area contributed by atoms with Crippen molar-refractivity contribution in [2.45, 2.75) is 33.7 Å². The Balaban J connectivity index is 2.39. The molecular formula is C21H24N2O2. The largest absolute Gasteiger partial charge is 0.478 e. The van der Waals surface area contributed by atoms with Gasteiger partial charge in [0.2, 0.25) is 0 Å². The number of aryl methyl sites for hydroxylation is 3. The Hall–Kier alpha value is -2.59. The fourth-order valence-electron chi connectivity index (χ4n) is 3.72. The Bertz CT molecular complexity index is 934. The molecule has 25 heavy (non-hydrogen) atoms. The van der Waals surface area contributed by atoms with E-state index in [1.54, 1.807) is 12.1 Å². The normalized spacial score (nSPS) is 11.2. The Labute approximate surface area is 147 Å². The molecule has 0 radical (unpaired) electrons. The van der Waals surface area contributed by atoms with Crippen LogP contribution in [-0.2, 0) is 13.0 Å². The minimum Gasteiger partial charge on any atom is -0.478 e. The second-order valence-electron chi connectivity index (χ2n) is 6.52. The Morgan fingerprint density at radius 2 is 1.80 bits per heavy atom. The van der Waals surface area contributed by atoms with E-state index in [2.05, 4.69) is 43.5 Å². The number of hydrogen-bond acceptors (Lipinski definition) is 2. The first-order valence-electron chi connectivity index (χ1n) is 8.63. The van der Waals surface area contributed by atoms with E-state index >= 15 is 0 Å². The predicted molar refractivity (Wildman–Crippen MR) is 102 cm³/mol. The number of rotatable bonds is 5. The number of benzene rings is 2. The molecule has 0 unspecified atom stereocenters. The van der Waals surface area contributed by atoms with Crippen molar-refractivity contribution in [3.05, 3.63) is 58.7 Å². The third-order valence-electron chi connectivity index (χ3n) is 4.62. The number of aromatic nitrogens is 1. The van der Waals surface area contributed by atoms with Gasteiger partial charge in [-0.3, -0.25) is 0 Å². The van der Waals surface area contributed by atoms with E-state index in [1.807, 2.05) is 6.07 Å². The smallest absolute Gasteiger partial charge is 0.335 e. The van der Waals surface area contributed by atoms with Gasteiger partial charge >= 0.3 is 5.97 Å². The fourth-order valence-corrected chi connectivity index (χ4v) is 3.72. The molecule has 0 aliphatic rings. The van der Waals surface area contributed by atoms with Crippen molar-refractivity contribution in [1.82, 2.24) is 4.57 Å². The molecule has 130 valence electrons. The van der Waals surface area contributed by atoms with E-state index < -0.39 is 5.97 Å². The van der Waals surface area contributed by atoms with Crippen molar-refractivity contribution in [1.29, 1.82) is 0 Å². The highest BCUT2D eigenvalue weighted by Gasteiger charge is 2.19. The minimum absolute atomic E-state index is 0.311. The molecule has 4 heteroatoms. The summed E-state index contributed by atoms with van der Waals surface area (Å²) in [6, 6.07) is 11.9. The average Bonchev–Trinajstić information content (AvgIpc) is 2.87. The van der Waals surface area contributed by atoms with E-state index in [-0.39, 0.29) is 0 Å². The summed E-state index contributed by atoms with van der Waals surface area (Å²) >= 11 is 0. The standard InChI is InChI=1S/C21H24N2O2/c1-4-23-19-6-5-15(21(24)25)12-18(19)17(7-8-22)20(23)16-10-13(2)9-14(3)11-16/h5-6,9-12H,4,7-8,22H2,1-3H3,(H,24,25). The van der Waals surface area contributed by atoms with Crippen LogP contribution in [0.2, 0.25) is 0 Å². The number of nitrogens with two attached hydrogens (primary N) is 1. The SMILES string of the molecule is CCn1c(-c2cc(C)cc(C)c2)c(CCN)c2cc(C(=O)O)ccc21. The Morgan fingerprint density at radius 3 is 2.36 bits per heavy atom. The topological polar surface area (TPSA) is 68.2 Å². The molecule has 1 aromatic heterocycles. The summed E-state index contributed by atoms with van der Waals surface area (Å²) in [6.07, 6.45) is 0.717. The van der Waals surface area contributed by atoms with Crippen molar-refractivity contribution in [3.8, 4) is 11.3 Å². The number of carbonyl (C=O) groups is 1. The molecule has 0 amide bonds. The van der Waals surface area contributed by atoms with E-state index in [0.29, 0.717) is 12.1 Å². The molecule has 0 saturated carbocycles. The lowest BCUT2D eigenvalue weighted by atomic mass is 9.99. The molecule has 0 atom stereocenters. The predicted octanol–water partition coefficient (Wildman–Crippen LogP) is 4.14. The minimum atomic E-state index is -0.905. The molecule has 1 heterocycles. The van der Waals surface area contributed by atoms with Crippen LogP contribution < -0.4 is 5.73 Å². The van der Waals surface area contributed by atoms with Crippen LogP contribution in [0.1, 0.15) is 34.0 Å². The van der Waals surface area contributed by atoms with Gasteiger partial charge in [-0.2, -0.15) is 0 Å². The lowest BCUT2D eigenvalue weighted by molar-refractivity contribution is 0.0697. The summed E-state index contributed by atoms with van der Waals surface area (Å²) in [6.45, 7) is 7.65. The van der Waals surface area contributed by atoms with Crippen LogP contribution in [0.4, 0.5) is 0 Å². The number of hydrogen-bond donors (Lipinski definition) is 2. The maximum Gasteiger partial charge on any atom is 0.335 e. The summed E-state index contributed by atoms with van der Waals surface area (Å²) in [7, 11) is 0. The van der Waals surface area contributed by atoms with Gasteiger partial charge in [0, 0.05) is 17.4 Å². The van der Waals surface area contributed by atoms with E-state index in [4.69, 9.17) is 5.73 Å². The third kappa shape index (κ3) is 3.05. The summed E-state index contributed by atoms with van der Waals surface area (Å²) in [5.41, 5.74) is 13.1. The first-order valence-corrected chi connectivity index (χ1v) is 8.63. The third-order valence-corrected chi connectivity index (χ3v) is 4.62. The van der Waals surface area contributed by atoms with Crippen molar-refractivity contribution < 1.29 is 9.90 Å². The highest BCUT2D eigenvalue weighted by Crippen LogP contribution is 2.35. The zero-order valence-corrected chi connectivity index (χ0v) is 15.0. The highest BCUT2D eigenvalue weighted by molar-refractivity contribution is 5.98. The van der Waals surface area contributed by atoms with Crippen molar-refractivity contribution in [2.75, 3.05) is 6.54 Å². The van der Waals surface area contributed by atoms with E-state index in [1.165, 1.54) is 11.1 Å². The van der Waals surface area contributed by atoms with E-state index in [9.17, 15) is 9.90 Å². The summed E-state index contributed by atoms with van der Waals surface area (Å²) in [5, 5.41) is 10.3. The van der Waals surface area contributed by atoms with Gasteiger partial charge in [-0.1, -0.05) is 17.2 Å². The van der Waals surface area contributed by atoms with Crippen LogP contribution in [0, 0.1) is 13.8 Å². The van der Waals surface area contributed by atoms with Crippen molar-refractivity contribution >= 4 is 16.9 Å². The van der Waals surface area contributed by atoms with Crippen LogP contribution in [0.25, 0.3) is 22.2 Å². The molecule has 0 fully saturated rings. The lowest BCUT2D eigenvalue weighted by Crippen LogP contribution is -2.05. The number of fused-ring (bicyclic) bond motifs is 1. The van der Waals surface area contributed by atoms with Gasteiger partial charge in [0.15, 0.2) is 0 Å². The first kappa shape index (κ1) is 17.2. The number of nitrogens with zero attached hydrogens (tertiary/aromatic N) is 1. The molecular weight excluding hydrogens is 312 g/mol. The maximum atomic E-state index is 11.4.